The number of hydrogen-bond acceptors (Lipinski definition) is 3. The first-order chi connectivity index (χ1) is 7.02. The van der Waals surface area contributed by atoms with Gasteiger partial charge in [0.05, 0.1) is 5.25 Å². The summed E-state index contributed by atoms with van der Waals surface area (Å²) in [5, 5.41) is 11.1. The molecule has 0 aliphatic rings. The molecule has 0 saturated heterocycles. The largest absolute Gasteiger partial charge is 0.480 e. The number of carboxylic acid groups (broad SMARTS) is 1. The fraction of sp³-hybridized carbons (Fsp3) is 0.600. The third-order valence-electron chi connectivity index (χ3n) is 1.94. The standard InChI is InChI=1S/C10H17NO3S/c1-4-5-6-8(10(13)14)11-9(12)7(2)15-3/h4-5,7-8H,6H2,1-3H3,(H,11,12)(H,13,14)/b5-4+. The van der Waals surface area contributed by atoms with Gasteiger partial charge >= 0.3 is 5.97 Å². The molecule has 0 aromatic carbocycles. The summed E-state index contributed by atoms with van der Waals surface area (Å²) in [5.74, 6) is -1.24. The van der Waals surface area contributed by atoms with E-state index in [4.69, 9.17) is 5.11 Å². The van der Waals surface area contributed by atoms with Gasteiger partial charge in [0, 0.05) is 0 Å². The average Bonchev–Trinajstić information content (AvgIpc) is 2.22. The van der Waals surface area contributed by atoms with E-state index in [0.717, 1.165) is 0 Å². The molecule has 5 heteroatoms. The first kappa shape index (κ1) is 14.0. The van der Waals surface area contributed by atoms with E-state index in [0.29, 0.717) is 6.42 Å². The van der Waals surface area contributed by atoms with Crippen molar-refractivity contribution >= 4 is 23.6 Å². The van der Waals surface area contributed by atoms with Gasteiger partial charge in [-0.15, -0.1) is 0 Å². The molecule has 0 aliphatic carbocycles. The molecule has 4 nitrogen and oxygen atoms in total. The predicted octanol–water partition coefficient (Wildman–Crippen LogP) is 1.27. The molecule has 0 spiro atoms. The normalized spacial score (nSPS) is 14.9. The van der Waals surface area contributed by atoms with Crippen molar-refractivity contribution in [2.45, 2.75) is 31.6 Å². The molecule has 0 aromatic rings. The SMILES string of the molecule is C/C=C/CC(NC(=O)C(C)SC)C(=O)O. The maximum absolute atomic E-state index is 11.4. The number of rotatable bonds is 6. The third kappa shape index (κ3) is 5.47. The molecule has 0 aliphatic heterocycles. The number of carbonyl (C=O) groups excluding carboxylic acids is 1. The van der Waals surface area contributed by atoms with E-state index in [-0.39, 0.29) is 11.2 Å². The Morgan fingerprint density at radius 1 is 1.53 bits per heavy atom. The molecule has 0 bridgehead atoms. The highest BCUT2D eigenvalue weighted by Crippen LogP contribution is 2.05. The number of hydrogen-bond donors (Lipinski definition) is 2. The van der Waals surface area contributed by atoms with Crippen LogP contribution >= 0.6 is 11.8 Å². The van der Waals surface area contributed by atoms with E-state index in [9.17, 15) is 9.59 Å². The van der Waals surface area contributed by atoms with Crippen LogP contribution < -0.4 is 5.32 Å². The van der Waals surface area contributed by atoms with Gasteiger partial charge in [0.1, 0.15) is 6.04 Å². The van der Waals surface area contributed by atoms with Crippen molar-refractivity contribution in [3.05, 3.63) is 12.2 Å². The van der Waals surface area contributed by atoms with Gasteiger partial charge in [-0.2, -0.15) is 11.8 Å². The summed E-state index contributed by atoms with van der Waals surface area (Å²) in [6.45, 7) is 3.56. The molecule has 2 unspecified atom stereocenters. The number of aliphatic carboxylic acids is 1. The second-order valence-corrected chi connectivity index (χ2v) is 4.26. The van der Waals surface area contributed by atoms with E-state index >= 15 is 0 Å². The van der Waals surface area contributed by atoms with Crippen molar-refractivity contribution in [3.63, 3.8) is 0 Å². The van der Waals surface area contributed by atoms with E-state index in [1.807, 2.05) is 13.2 Å². The van der Waals surface area contributed by atoms with Crippen molar-refractivity contribution in [2.24, 2.45) is 0 Å². The van der Waals surface area contributed by atoms with Gasteiger partial charge in [-0.3, -0.25) is 4.79 Å². The highest BCUT2D eigenvalue weighted by Gasteiger charge is 2.20. The number of carbonyl (C=O) groups is 2. The zero-order valence-corrected chi connectivity index (χ0v) is 10.0. The summed E-state index contributed by atoms with van der Waals surface area (Å²) in [7, 11) is 0. The first-order valence-corrected chi connectivity index (χ1v) is 5.98. The van der Waals surface area contributed by atoms with Crippen LogP contribution in [0.1, 0.15) is 20.3 Å². The lowest BCUT2D eigenvalue weighted by Crippen LogP contribution is -2.43. The number of allylic oxidation sites excluding steroid dienone is 1. The summed E-state index contributed by atoms with van der Waals surface area (Å²) >= 11 is 1.39. The van der Waals surface area contributed by atoms with Crippen LogP contribution in [0.25, 0.3) is 0 Å². The molecule has 0 aromatic heterocycles. The Balaban J connectivity index is 4.28. The lowest BCUT2D eigenvalue weighted by Gasteiger charge is -2.15. The second-order valence-electron chi connectivity index (χ2n) is 3.08. The highest BCUT2D eigenvalue weighted by molar-refractivity contribution is 7.99. The fourth-order valence-electron chi connectivity index (χ4n) is 0.890. The number of nitrogens with one attached hydrogen (secondary N) is 1. The van der Waals surface area contributed by atoms with Gasteiger partial charge < -0.3 is 10.4 Å². The average molecular weight is 231 g/mol. The van der Waals surface area contributed by atoms with Crippen LogP contribution in [-0.4, -0.2) is 34.5 Å². The third-order valence-corrected chi connectivity index (χ3v) is 2.87. The van der Waals surface area contributed by atoms with Crippen molar-refractivity contribution in [2.75, 3.05) is 6.26 Å². The summed E-state index contributed by atoms with van der Waals surface area (Å²) in [4.78, 5) is 22.2. The van der Waals surface area contributed by atoms with Gasteiger partial charge in [-0.05, 0) is 26.5 Å². The van der Waals surface area contributed by atoms with E-state index in [1.165, 1.54) is 11.8 Å². The molecule has 0 fully saturated rings. The Morgan fingerprint density at radius 2 is 2.13 bits per heavy atom. The van der Waals surface area contributed by atoms with Gasteiger partial charge in [0.25, 0.3) is 0 Å². The molecule has 2 atom stereocenters. The molecule has 1 amide bonds. The van der Waals surface area contributed by atoms with E-state index in [1.54, 1.807) is 19.1 Å². The Hall–Kier alpha value is -0.970. The van der Waals surface area contributed by atoms with Crippen LogP contribution in [0.5, 0.6) is 0 Å². The lowest BCUT2D eigenvalue weighted by molar-refractivity contribution is -0.141. The minimum absolute atomic E-state index is 0.225. The van der Waals surface area contributed by atoms with Crippen LogP contribution in [0.15, 0.2) is 12.2 Å². The zero-order chi connectivity index (χ0) is 11.8. The molecule has 0 radical (unpaired) electrons. The predicted molar refractivity (Wildman–Crippen MR) is 62.0 cm³/mol. The lowest BCUT2D eigenvalue weighted by atomic mass is 10.2. The summed E-state index contributed by atoms with van der Waals surface area (Å²) in [6.07, 6.45) is 5.62. The van der Waals surface area contributed by atoms with Crippen molar-refractivity contribution in [3.8, 4) is 0 Å². The van der Waals surface area contributed by atoms with Crippen molar-refractivity contribution in [1.82, 2.24) is 5.32 Å². The van der Waals surface area contributed by atoms with Gasteiger partial charge in [-0.1, -0.05) is 12.2 Å². The topological polar surface area (TPSA) is 66.4 Å². The molecule has 2 N–H and O–H groups in total. The molecular formula is C10H17NO3S. The van der Waals surface area contributed by atoms with Crippen LogP contribution in [0.4, 0.5) is 0 Å². The van der Waals surface area contributed by atoms with Crippen LogP contribution in [0, 0.1) is 0 Å². The van der Waals surface area contributed by atoms with Gasteiger partial charge in [0.2, 0.25) is 5.91 Å². The fourth-order valence-corrected chi connectivity index (χ4v) is 1.17. The molecular weight excluding hydrogens is 214 g/mol. The summed E-state index contributed by atoms with van der Waals surface area (Å²) in [5.41, 5.74) is 0. The highest BCUT2D eigenvalue weighted by atomic mass is 32.2. The van der Waals surface area contributed by atoms with Crippen LogP contribution in [-0.2, 0) is 9.59 Å². The first-order valence-electron chi connectivity index (χ1n) is 4.70. The molecule has 0 saturated carbocycles. The summed E-state index contributed by atoms with van der Waals surface area (Å²) in [6, 6.07) is -0.830. The van der Waals surface area contributed by atoms with Crippen LogP contribution in [0.2, 0.25) is 0 Å². The number of amides is 1. The molecule has 86 valence electrons. The maximum atomic E-state index is 11.4. The smallest absolute Gasteiger partial charge is 0.326 e. The van der Waals surface area contributed by atoms with Crippen LogP contribution in [0.3, 0.4) is 0 Å². The van der Waals surface area contributed by atoms with E-state index in [2.05, 4.69) is 5.32 Å². The van der Waals surface area contributed by atoms with Gasteiger partial charge in [-0.25, -0.2) is 4.79 Å². The summed E-state index contributed by atoms with van der Waals surface area (Å²) < 4.78 is 0. The monoisotopic (exact) mass is 231 g/mol. The second kappa shape index (κ2) is 7.34. The number of thioether (sulfide) groups is 1. The zero-order valence-electron chi connectivity index (χ0n) is 9.19. The number of carboxylic acids is 1. The minimum atomic E-state index is -1.00. The molecule has 0 rings (SSSR count). The molecule has 15 heavy (non-hydrogen) atoms. The minimum Gasteiger partial charge on any atom is -0.480 e. The van der Waals surface area contributed by atoms with Crippen molar-refractivity contribution in [1.29, 1.82) is 0 Å². The Bertz CT molecular complexity index is 253. The maximum Gasteiger partial charge on any atom is 0.326 e. The van der Waals surface area contributed by atoms with Crippen molar-refractivity contribution < 1.29 is 14.7 Å². The Kier molecular flexibility index (Phi) is 6.86. The van der Waals surface area contributed by atoms with E-state index < -0.39 is 12.0 Å². The van der Waals surface area contributed by atoms with Gasteiger partial charge in [0.15, 0.2) is 0 Å². The molecule has 0 heterocycles. The quantitative estimate of drug-likeness (QED) is 0.676. The Morgan fingerprint density at radius 3 is 2.53 bits per heavy atom. The Labute approximate surface area is 94.1 Å².